The van der Waals surface area contributed by atoms with Crippen LogP contribution in [0.25, 0.3) is 131 Å². The smallest absolute Gasteiger partial charge is 0.178 e. The lowest BCUT2D eigenvalue weighted by Crippen LogP contribution is -1.91. The van der Waals surface area contributed by atoms with Crippen LogP contribution in [0.5, 0.6) is 0 Å². The average Bonchev–Trinajstić information content (AvgIpc) is 4.05. The molecule has 4 heterocycles. The van der Waals surface area contributed by atoms with Crippen molar-refractivity contribution in [1.82, 2.24) is 0 Å². The Morgan fingerprint density at radius 2 is 0.839 bits per heavy atom. The third-order valence-electron chi connectivity index (χ3n) is 11.8. The lowest BCUT2D eigenvalue weighted by Gasteiger charge is -2.18. The van der Waals surface area contributed by atoms with Crippen LogP contribution in [-0.4, -0.2) is 0 Å². The average molecular weight is 733 g/mol. The summed E-state index contributed by atoms with van der Waals surface area (Å²) in [6.45, 7) is 0. The monoisotopic (exact) mass is 732 g/mol. The van der Waals surface area contributed by atoms with Crippen molar-refractivity contribution < 1.29 is 13.3 Å². The number of hydrogen-bond donors (Lipinski definition) is 0. The summed E-state index contributed by atoms with van der Waals surface area (Å²) < 4.78 is 20.8. The Kier molecular flexibility index (Phi) is 6.04. The second-order valence-electron chi connectivity index (χ2n) is 14.7. The Bertz CT molecular complexity index is 3700. The predicted molar refractivity (Wildman–Crippen MR) is 235 cm³/mol. The van der Waals surface area contributed by atoms with Crippen molar-refractivity contribution in [2.45, 2.75) is 0 Å². The minimum absolute atomic E-state index is 0.788. The van der Waals surface area contributed by atoms with Gasteiger partial charge >= 0.3 is 0 Å². The summed E-state index contributed by atoms with van der Waals surface area (Å²) in [5.41, 5.74) is 12.2. The molecular formula is C52H28O3S. The third kappa shape index (κ3) is 4.11. The largest absolute Gasteiger partial charge is 0.455 e. The molecule has 0 aliphatic carbocycles. The Labute approximate surface area is 323 Å². The molecule has 13 aromatic rings. The zero-order valence-corrected chi connectivity index (χ0v) is 30.6. The molecule has 3 nitrogen and oxygen atoms in total. The maximum Gasteiger partial charge on any atom is 0.178 e. The Morgan fingerprint density at radius 3 is 1.61 bits per heavy atom. The molecule has 0 spiro atoms. The number of benzene rings is 9. The highest BCUT2D eigenvalue weighted by Gasteiger charge is 2.21. The van der Waals surface area contributed by atoms with Gasteiger partial charge < -0.3 is 13.3 Å². The van der Waals surface area contributed by atoms with Crippen LogP contribution < -0.4 is 0 Å². The molecule has 0 aliphatic rings. The van der Waals surface area contributed by atoms with E-state index in [-0.39, 0.29) is 0 Å². The molecule has 0 saturated heterocycles. The number of fused-ring (bicyclic) bond motifs is 14. The zero-order valence-electron chi connectivity index (χ0n) is 29.8. The van der Waals surface area contributed by atoms with Gasteiger partial charge in [-0.05, 0) is 103 Å². The van der Waals surface area contributed by atoms with Gasteiger partial charge in [0.1, 0.15) is 22.3 Å². The highest BCUT2D eigenvalue weighted by atomic mass is 32.1. The van der Waals surface area contributed by atoms with E-state index in [1.807, 2.05) is 18.2 Å². The van der Waals surface area contributed by atoms with Crippen LogP contribution >= 0.6 is 11.3 Å². The van der Waals surface area contributed by atoms with Crippen LogP contribution in [-0.2, 0) is 0 Å². The first kappa shape index (κ1) is 30.2. The van der Waals surface area contributed by atoms with Gasteiger partial charge in [0.2, 0.25) is 0 Å². The van der Waals surface area contributed by atoms with E-state index in [1.165, 1.54) is 53.9 Å². The maximum absolute atomic E-state index is 6.73. The van der Waals surface area contributed by atoms with Crippen molar-refractivity contribution in [3.63, 3.8) is 0 Å². The Hall–Kier alpha value is -7.14. The maximum atomic E-state index is 6.73. The minimum atomic E-state index is 0.788. The minimum Gasteiger partial charge on any atom is -0.455 e. The number of hydrogen-bond acceptors (Lipinski definition) is 4. The summed E-state index contributed by atoms with van der Waals surface area (Å²) in [6.07, 6.45) is 0. The second-order valence-corrected chi connectivity index (χ2v) is 15.7. The summed E-state index contributed by atoms with van der Waals surface area (Å²) >= 11 is 1.75. The fraction of sp³-hybridized carbons (Fsp3) is 0. The van der Waals surface area contributed by atoms with Gasteiger partial charge in [-0.2, -0.15) is 0 Å². The fourth-order valence-corrected chi connectivity index (χ4v) is 10.1. The SMILES string of the molecule is c1ccc2c(c1)oc1c2ccc2c3cccc(-c4ccc(-c5c6ccccc6c(-c6ccc7oc8c9ccsc9ccc8c7c6)c6ccccc56)cc4)c3oc21. The predicted octanol–water partition coefficient (Wildman–Crippen LogP) is 15.9. The van der Waals surface area contributed by atoms with Gasteiger partial charge in [-0.1, -0.05) is 115 Å². The number of thiophene rings is 1. The van der Waals surface area contributed by atoms with Crippen molar-refractivity contribution in [3.05, 3.63) is 169 Å². The second kappa shape index (κ2) is 11.2. The molecule has 0 aliphatic heterocycles. The number of furan rings is 3. The van der Waals surface area contributed by atoms with E-state index in [0.29, 0.717) is 0 Å². The summed E-state index contributed by atoms with van der Waals surface area (Å²) in [4.78, 5) is 0. The van der Waals surface area contributed by atoms with E-state index in [4.69, 9.17) is 13.3 Å². The molecule has 0 saturated carbocycles. The quantitative estimate of drug-likeness (QED) is 0.170. The number of para-hydroxylation sites is 2. The van der Waals surface area contributed by atoms with E-state index >= 15 is 0 Å². The van der Waals surface area contributed by atoms with Crippen LogP contribution in [0.4, 0.5) is 0 Å². The first-order valence-corrected chi connectivity index (χ1v) is 19.8. The van der Waals surface area contributed by atoms with Gasteiger partial charge in [-0.3, -0.25) is 0 Å². The van der Waals surface area contributed by atoms with Crippen molar-refractivity contribution in [2.75, 3.05) is 0 Å². The normalized spacial score (nSPS) is 12.3. The van der Waals surface area contributed by atoms with Gasteiger partial charge in [-0.15, -0.1) is 11.3 Å². The summed E-state index contributed by atoms with van der Waals surface area (Å²) in [5.74, 6) is 0. The van der Waals surface area contributed by atoms with Gasteiger partial charge in [0, 0.05) is 48.0 Å². The van der Waals surface area contributed by atoms with Crippen LogP contribution in [0.1, 0.15) is 0 Å². The first-order chi connectivity index (χ1) is 27.8. The molecule has 56 heavy (non-hydrogen) atoms. The van der Waals surface area contributed by atoms with Gasteiger partial charge in [0.25, 0.3) is 0 Å². The lowest BCUT2D eigenvalue weighted by atomic mass is 9.85. The van der Waals surface area contributed by atoms with Crippen molar-refractivity contribution in [3.8, 4) is 33.4 Å². The van der Waals surface area contributed by atoms with E-state index < -0.39 is 0 Å². The molecule has 0 atom stereocenters. The molecule has 9 aromatic carbocycles. The van der Waals surface area contributed by atoms with E-state index in [9.17, 15) is 0 Å². The topological polar surface area (TPSA) is 39.4 Å². The highest BCUT2D eigenvalue weighted by molar-refractivity contribution is 7.17. The standard InChI is InChI=1S/C52H28O3S/c1-3-11-36-34(9-1)47(35-10-2-4-12-37(35)48(36)31-20-24-45-43(28-31)41-23-25-46-42(26-27-56-46)50(41)53-45)30-18-16-29(17-19-30)32-13-7-14-38-40-22-21-39-33-8-5-6-15-44(33)54-51(39)52(40)55-49(32)38/h1-28H. The van der Waals surface area contributed by atoms with E-state index in [1.54, 1.807) is 11.3 Å². The molecule has 4 aromatic heterocycles. The van der Waals surface area contributed by atoms with Crippen LogP contribution in [0.2, 0.25) is 0 Å². The van der Waals surface area contributed by atoms with E-state index in [0.717, 1.165) is 76.9 Å². The molecule has 260 valence electrons. The van der Waals surface area contributed by atoms with Gasteiger partial charge in [0.05, 0.1) is 0 Å². The molecule has 0 fully saturated rings. The van der Waals surface area contributed by atoms with Crippen molar-refractivity contribution in [2.24, 2.45) is 0 Å². The fourth-order valence-electron chi connectivity index (χ4n) is 9.27. The zero-order chi connectivity index (χ0) is 36.5. The Morgan fingerprint density at radius 1 is 0.304 bits per heavy atom. The number of rotatable bonds is 3. The lowest BCUT2D eigenvalue weighted by molar-refractivity contribution is 0.634. The molecule has 0 radical (unpaired) electrons. The summed E-state index contributed by atoms with van der Waals surface area (Å²) in [6, 6.07) is 58.8. The molecule has 0 N–H and O–H groups in total. The molecule has 13 rings (SSSR count). The van der Waals surface area contributed by atoms with Crippen molar-refractivity contribution in [1.29, 1.82) is 0 Å². The summed E-state index contributed by atoms with van der Waals surface area (Å²) in [7, 11) is 0. The third-order valence-corrected chi connectivity index (χ3v) is 12.7. The van der Waals surface area contributed by atoms with Gasteiger partial charge in [0.15, 0.2) is 11.2 Å². The molecule has 0 unspecified atom stereocenters. The van der Waals surface area contributed by atoms with E-state index in [2.05, 4.69) is 151 Å². The first-order valence-electron chi connectivity index (χ1n) is 18.9. The molecule has 4 heteroatoms. The Balaban J connectivity index is 0.976. The van der Waals surface area contributed by atoms with Crippen LogP contribution in [0.3, 0.4) is 0 Å². The molecule has 0 bridgehead atoms. The van der Waals surface area contributed by atoms with Crippen LogP contribution in [0, 0.1) is 0 Å². The highest BCUT2D eigenvalue weighted by Crippen LogP contribution is 2.46. The van der Waals surface area contributed by atoms with Crippen molar-refractivity contribution >= 4 is 109 Å². The molecular weight excluding hydrogens is 705 g/mol. The van der Waals surface area contributed by atoms with Crippen LogP contribution in [0.15, 0.2) is 182 Å². The van der Waals surface area contributed by atoms with Gasteiger partial charge in [-0.25, -0.2) is 0 Å². The molecule has 0 amide bonds. The summed E-state index contributed by atoms with van der Waals surface area (Å²) in [5, 5.41) is 14.8.